The molecule has 1 aromatic carbocycles. The quantitative estimate of drug-likeness (QED) is 0.895. The summed E-state index contributed by atoms with van der Waals surface area (Å²) in [5.74, 6) is 0.572. The van der Waals surface area contributed by atoms with Crippen molar-refractivity contribution < 1.29 is 0 Å². The topological polar surface area (TPSA) is 38.9 Å². The second-order valence-electron chi connectivity index (χ2n) is 4.64. The van der Waals surface area contributed by atoms with E-state index in [1.54, 1.807) is 11.3 Å². The minimum absolute atomic E-state index is 0.572. The van der Waals surface area contributed by atoms with Gasteiger partial charge in [-0.05, 0) is 24.0 Å². The van der Waals surface area contributed by atoms with Gasteiger partial charge in [0.05, 0.1) is 5.69 Å². The van der Waals surface area contributed by atoms with Gasteiger partial charge in [0.2, 0.25) is 0 Å². The van der Waals surface area contributed by atoms with E-state index >= 15 is 0 Å². The van der Waals surface area contributed by atoms with Crippen molar-refractivity contribution in [2.45, 2.75) is 33.1 Å². The third kappa shape index (κ3) is 2.86. The van der Waals surface area contributed by atoms with E-state index in [9.17, 15) is 0 Å². The molecule has 0 aliphatic rings. The van der Waals surface area contributed by atoms with Crippen molar-refractivity contribution in [1.82, 2.24) is 4.98 Å². The molecule has 1 heterocycles. The smallest absolute Gasteiger partial charge is 0.180 e. The molecule has 0 atom stereocenters. The summed E-state index contributed by atoms with van der Waals surface area (Å²) in [5, 5.41) is 0.664. The molecule has 0 unspecified atom stereocenters. The Morgan fingerprint density at radius 2 is 2.12 bits per heavy atom. The maximum atomic E-state index is 5.72. The number of aryl methyl sites for hydroxylation is 1. The Balaban J connectivity index is 2.24. The first-order chi connectivity index (χ1) is 8.06. The van der Waals surface area contributed by atoms with Gasteiger partial charge in [-0.25, -0.2) is 4.98 Å². The molecule has 0 fully saturated rings. The highest BCUT2D eigenvalue weighted by molar-refractivity contribution is 7.15. The Kier molecular flexibility index (Phi) is 3.48. The number of benzene rings is 1. The van der Waals surface area contributed by atoms with Crippen LogP contribution in [0, 0.1) is 6.92 Å². The summed E-state index contributed by atoms with van der Waals surface area (Å²) in [6.45, 7) is 6.46. The van der Waals surface area contributed by atoms with Gasteiger partial charge in [-0.15, -0.1) is 11.3 Å². The first-order valence-electron chi connectivity index (χ1n) is 5.87. The number of hydrogen-bond acceptors (Lipinski definition) is 3. The van der Waals surface area contributed by atoms with Crippen LogP contribution in [0.25, 0.3) is 0 Å². The standard InChI is InChI=1S/C14H18N2S/c1-9(2)12-6-4-5-11(7-12)8-13-10(3)16-14(15)17-13/h4-7,9H,8H2,1-3H3,(H2,15,16). The Morgan fingerprint density at radius 3 is 2.71 bits per heavy atom. The van der Waals surface area contributed by atoms with Gasteiger partial charge in [-0.2, -0.15) is 0 Å². The number of nitrogen functional groups attached to an aromatic ring is 1. The number of nitrogens with zero attached hydrogens (tertiary/aromatic N) is 1. The highest BCUT2D eigenvalue weighted by Crippen LogP contribution is 2.24. The van der Waals surface area contributed by atoms with Crippen LogP contribution in [-0.2, 0) is 6.42 Å². The van der Waals surface area contributed by atoms with E-state index in [-0.39, 0.29) is 0 Å². The first-order valence-corrected chi connectivity index (χ1v) is 6.68. The van der Waals surface area contributed by atoms with Crippen molar-refractivity contribution in [2.75, 3.05) is 5.73 Å². The molecule has 2 aromatic rings. The van der Waals surface area contributed by atoms with Crippen LogP contribution in [0.5, 0.6) is 0 Å². The Labute approximate surface area is 107 Å². The highest BCUT2D eigenvalue weighted by Gasteiger charge is 2.07. The molecule has 0 radical (unpaired) electrons. The monoisotopic (exact) mass is 246 g/mol. The van der Waals surface area contributed by atoms with E-state index in [0.29, 0.717) is 11.0 Å². The zero-order valence-corrected chi connectivity index (χ0v) is 11.3. The molecule has 17 heavy (non-hydrogen) atoms. The van der Waals surface area contributed by atoms with Crippen LogP contribution in [0.1, 0.15) is 41.5 Å². The second kappa shape index (κ2) is 4.88. The molecule has 2 N–H and O–H groups in total. The van der Waals surface area contributed by atoms with Crippen LogP contribution in [0.15, 0.2) is 24.3 Å². The van der Waals surface area contributed by atoms with E-state index in [0.717, 1.165) is 12.1 Å². The lowest BCUT2D eigenvalue weighted by atomic mass is 9.99. The minimum atomic E-state index is 0.572. The molecule has 3 heteroatoms. The number of thiazole rings is 1. The molecule has 2 rings (SSSR count). The van der Waals surface area contributed by atoms with Crippen LogP contribution in [0.4, 0.5) is 5.13 Å². The van der Waals surface area contributed by atoms with Crippen molar-refractivity contribution in [3.63, 3.8) is 0 Å². The van der Waals surface area contributed by atoms with Crippen LogP contribution < -0.4 is 5.73 Å². The summed E-state index contributed by atoms with van der Waals surface area (Å²) in [6, 6.07) is 8.76. The maximum absolute atomic E-state index is 5.72. The Morgan fingerprint density at radius 1 is 1.35 bits per heavy atom. The molecule has 0 saturated heterocycles. The van der Waals surface area contributed by atoms with Gasteiger partial charge in [0.1, 0.15) is 0 Å². The van der Waals surface area contributed by atoms with Gasteiger partial charge < -0.3 is 5.73 Å². The van der Waals surface area contributed by atoms with E-state index in [1.165, 1.54) is 16.0 Å². The van der Waals surface area contributed by atoms with E-state index in [2.05, 4.69) is 43.1 Å². The molecule has 0 spiro atoms. The maximum Gasteiger partial charge on any atom is 0.180 e. The summed E-state index contributed by atoms with van der Waals surface area (Å²) in [7, 11) is 0. The van der Waals surface area contributed by atoms with Gasteiger partial charge >= 0.3 is 0 Å². The van der Waals surface area contributed by atoms with Crippen LogP contribution >= 0.6 is 11.3 Å². The SMILES string of the molecule is Cc1nc(N)sc1Cc1cccc(C(C)C)c1. The number of aromatic nitrogens is 1. The van der Waals surface area contributed by atoms with Crippen LogP contribution in [0.2, 0.25) is 0 Å². The van der Waals surface area contributed by atoms with Crippen molar-refractivity contribution in [3.8, 4) is 0 Å². The molecule has 2 nitrogen and oxygen atoms in total. The zero-order chi connectivity index (χ0) is 12.4. The fourth-order valence-electron chi connectivity index (χ4n) is 1.86. The lowest BCUT2D eigenvalue weighted by Crippen LogP contribution is -1.92. The summed E-state index contributed by atoms with van der Waals surface area (Å²) >= 11 is 1.59. The number of nitrogens with two attached hydrogens (primary N) is 1. The van der Waals surface area contributed by atoms with Gasteiger partial charge in [-0.3, -0.25) is 0 Å². The summed E-state index contributed by atoms with van der Waals surface area (Å²) < 4.78 is 0. The number of rotatable bonds is 3. The highest BCUT2D eigenvalue weighted by atomic mass is 32.1. The molecule has 0 amide bonds. The van der Waals surface area contributed by atoms with E-state index < -0.39 is 0 Å². The van der Waals surface area contributed by atoms with Crippen LogP contribution in [-0.4, -0.2) is 4.98 Å². The van der Waals surface area contributed by atoms with Gasteiger partial charge in [-0.1, -0.05) is 38.1 Å². The summed E-state index contributed by atoms with van der Waals surface area (Å²) in [6.07, 6.45) is 0.932. The summed E-state index contributed by atoms with van der Waals surface area (Å²) in [5.41, 5.74) is 9.50. The number of anilines is 1. The molecule has 1 aromatic heterocycles. The summed E-state index contributed by atoms with van der Waals surface area (Å²) in [4.78, 5) is 5.53. The molecular formula is C14H18N2S. The molecule has 0 saturated carbocycles. The second-order valence-corrected chi connectivity index (χ2v) is 5.75. The fraction of sp³-hybridized carbons (Fsp3) is 0.357. The van der Waals surface area contributed by atoms with Gasteiger partial charge in [0.25, 0.3) is 0 Å². The molecular weight excluding hydrogens is 228 g/mol. The lowest BCUT2D eigenvalue weighted by molar-refractivity contribution is 0.863. The molecule has 0 aliphatic heterocycles. The largest absolute Gasteiger partial charge is 0.375 e. The van der Waals surface area contributed by atoms with Crippen molar-refractivity contribution in [3.05, 3.63) is 46.0 Å². The van der Waals surface area contributed by atoms with E-state index in [4.69, 9.17) is 5.73 Å². The first kappa shape index (κ1) is 12.1. The van der Waals surface area contributed by atoms with Crippen molar-refractivity contribution >= 4 is 16.5 Å². The average molecular weight is 246 g/mol. The Bertz CT molecular complexity index is 515. The normalized spacial score (nSPS) is 11.1. The molecule has 0 bridgehead atoms. The van der Waals surface area contributed by atoms with Gasteiger partial charge in [0.15, 0.2) is 5.13 Å². The van der Waals surface area contributed by atoms with Gasteiger partial charge in [0, 0.05) is 11.3 Å². The van der Waals surface area contributed by atoms with Crippen molar-refractivity contribution in [1.29, 1.82) is 0 Å². The lowest BCUT2D eigenvalue weighted by Gasteiger charge is -2.07. The molecule has 90 valence electrons. The van der Waals surface area contributed by atoms with Crippen LogP contribution in [0.3, 0.4) is 0 Å². The minimum Gasteiger partial charge on any atom is -0.375 e. The third-order valence-corrected chi connectivity index (χ3v) is 3.88. The predicted octanol–water partition coefficient (Wildman–Crippen LogP) is 3.75. The number of hydrogen-bond donors (Lipinski definition) is 1. The zero-order valence-electron chi connectivity index (χ0n) is 10.5. The molecule has 0 aliphatic carbocycles. The van der Waals surface area contributed by atoms with E-state index in [1.807, 2.05) is 6.92 Å². The average Bonchev–Trinajstić information content (AvgIpc) is 2.58. The predicted molar refractivity (Wildman–Crippen MR) is 74.6 cm³/mol. The van der Waals surface area contributed by atoms with Crippen molar-refractivity contribution in [2.24, 2.45) is 0 Å². The fourth-order valence-corrected chi connectivity index (χ4v) is 2.73. The Hall–Kier alpha value is -1.35. The third-order valence-electron chi connectivity index (χ3n) is 2.89.